The molecule has 1 aliphatic carbocycles. The van der Waals surface area contributed by atoms with Gasteiger partial charge in [-0.25, -0.2) is 4.79 Å². The summed E-state index contributed by atoms with van der Waals surface area (Å²) < 4.78 is 0. The average molecular weight is 198 g/mol. The van der Waals surface area contributed by atoms with Crippen molar-refractivity contribution in [3.63, 3.8) is 0 Å². The number of amides is 2. The Kier molecular flexibility index (Phi) is 2.79. The van der Waals surface area contributed by atoms with Crippen LogP contribution in [-0.2, 0) is 0 Å². The summed E-state index contributed by atoms with van der Waals surface area (Å²) in [6, 6.07) is -0.158. The van der Waals surface area contributed by atoms with Crippen LogP contribution in [0.3, 0.4) is 0 Å². The summed E-state index contributed by atoms with van der Waals surface area (Å²) in [5.74, 6) is 0. The van der Waals surface area contributed by atoms with Gasteiger partial charge in [0.15, 0.2) is 0 Å². The maximum Gasteiger partial charge on any atom is 0.312 e. The molecule has 1 aliphatic rings. The highest BCUT2D eigenvalue weighted by molar-refractivity contribution is 5.71. The minimum Gasteiger partial charge on any atom is -0.352 e. The molecule has 3 nitrogen and oxygen atoms in total. The summed E-state index contributed by atoms with van der Waals surface area (Å²) in [4.78, 5) is 10.8. The lowest BCUT2D eigenvalue weighted by molar-refractivity contribution is 0.0889. The fourth-order valence-electron chi connectivity index (χ4n) is 3.15. The molecule has 0 heterocycles. The molecule has 0 unspecified atom stereocenters. The van der Waals surface area contributed by atoms with Crippen molar-refractivity contribution < 1.29 is 4.79 Å². The van der Waals surface area contributed by atoms with E-state index in [1.54, 1.807) is 0 Å². The number of nitrogens with two attached hydrogens (primary N) is 1. The Morgan fingerprint density at radius 2 is 1.64 bits per heavy atom. The first kappa shape index (κ1) is 11.3. The van der Waals surface area contributed by atoms with E-state index < -0.39 is 6.03 Å². The third-order valence-corrected chi connectivity index (χ3v) is 2.90. The molecule has 3 N–H and O–H groups in total. The number of nitrogens with one attached hydrogen (secondary N) is 1. The molecular weight excluding hydrogens is 176 g/mol. The summed E-state index contributed by atoms with van der Waals surface area (Å²) >= 11 is 0. The highest BCUT2D eigenvalue weighted by atomic mass is 16.2. The molecule has 14 heavy (non-hydrogen) atoms. The van der Waals surface area contributed by atoms with Crippen molar-refractivity contribution in [3.05, 3.63) is 0 Å². The van der Waals surface area contributed by atoms with Crippen molar-refractivity contribution in [3.8, 4) is 0 Å². The second-order valence-corrected chi connectivity index (χ2v) is 6.12. The van der Waals surface area contributed by atoms with Crippen LogP contribution in [0.15, 0.2) is 0 Å². The predicted octanol–water partition coefficient (Wildman–Crippen LogP) is 2.26. The number of urea groups is 1. The van der Waals surface area contributed by atoms with E-state index in [9.17, 15) is 4.79 Å². The van der Waals surface area contributed by atoms with Gasteiger partial charge < -0.3 is 11.1 Å². The highest BCUT2D eigenvalue weighted by Gasteiger charge is 2.38. The largest absolute Gasteiger partial charge is 0.352 e. The number of carbonyl (C=O) groups is 1. The van der Waals surface area contributed by atoms with Gasteiger partial charge in [0.05, 0.1) is 0 Å². The zero-order chi connectivity index (χ0) is 11.0. The van der Waals surface area contributed by atoms with Crippen LogP contribution in [-0.4, -0.2) is 12.1 Å². The summed E-state index contributed by atoms with van der Waals surface area (Å²) in [7, 11) is 0. The second-order valence-electron chi connectivity index (χ2n) is 6.12. The summed E-state index contributed by atoms with van der Waals surface area (Å²) in [6.07, 6.45) is 3.26. The molecule has 0 aliphatic heterocycles. The van der Waals surface area contributed by atoms with Crippen LogP contribution in [0.1, 0.15) is 47.0 Å². The first-order chi connectivity index (χ1) is 6.20. The average Bonchev–Trinajstić information content (AvgIpc) is 1.74. The van der Waals surface area contributed by atoms with Gasteiger partial charge in [0, 0.05) is 6.04 Å². The van der Waals surface area contributed by atoms with Crippen molar-refractivity contribution in [2.75, 3.05) is 0 Å². The van der Waals surface area contributed by atoms with Gasteiger partial charge >= 0.3 is 6.03 Å². The second kappa shape index (κ2) is 3.44. The zero-order valence-corrected chi connectivity index (χ0v) is 9.68. The van der Waals surface area contributed by atoms with Crippen molar-refractivity contribution >= 4 is 6.03 Å². The highest BCUT2D eigenvalue weighted by Crippen LogP contribution is 2.45. The molecule has 1 rings (SSSR count). The SMILES string of the molecule is CC1(C)CC(NC(N)=O)CC(C)(C)C1. The molecule has 0 aromatic heterocycles. The number of primary amides is 1. The van der Waals surface area contributed by atoms with Crippen LogP contribution in [0.2, 0.25) is 0 Å². The van der Waals surface area contributed by atoms with Gasteiger partial charge in [0.2, 0.25) is 0 Å². The molecule has 0 radical (unpaired) electrons. The van der Waals surface area contributed by atoms with Gasteiger partial charge in [-0.1, -0.05) is 27.7 Å². The molecule has 82 valence electrons. The van der Waals surface area contributed by atoms with E-state index in [0.29, 0.717) is 10.8 Å². The Bertz CT molecular complexity index is 217. The minimum absolute atomic E-state index is 0.242. The third-order valence-electron chi connectivity index (χ3n) is 2.90. The predicted molar refractivity (Wildman–Crippen MR) is 57.9 cm³/mol. The monoisotopic (exact) mass is 198 g/mol. The number of rotatable bonds is 1. The Labute approximate surface area is 86.4 Å². The van der Waals surface area contributed by atoms with E-state index >= 15 is 0 Å². The normalized spacial score (nSPS) is 25.7. The quantitative estimate of drug-likeness (QED) is 0.667. The van der Waals surface area contributed by atoms with Crippen LogP contribution in [0, 0.1) is 10.8 Å². The molecule has 3 heteroatoms. The number of hydrogen-bond donors (Lipinski definition) is 2. The summed E-state index contributed by atoms with van der Waals surface area (Å²) in [6.45, 7) is 9.01. The third kappa shape index (κ3) is 3.20. The van der Waals surface area contributed by atoms with E-state index in [1.165, 1.54) is 6.42 Å². The molecule has 0 aromatic carbocycles. The van der Waals surface area contributed by atoms with E-state index in [2.05, 4.69) is 33.0 Å². The zero-order valence-electron chi connectivity index (χ0n) is 9.68. The van der Waals surface area contributed by atoms with Gasteiger partial charge in [-0.05, 0) is 30.1 Å². The molecular formula is C11H22N2O. The maximum atomic E-state index is 10.8. The smallest absolute Gasteiger partial charge is 0.312 e. The molecule has 0 spiro atoms. The van der Waals surface area contributed by atoms with Gasteiger partial charge in [0.1, 0.15) is 0 Å². The lowest BCUT2D eigenvalue weighted by atomic mass is 9.63. The van der Waals surface area contributed by atoms with Crippen molar-refractivity contribution in [2.45, 2.75) is 53.0 Å². The summed E-state index contributed by atoms with van der Waals surface area (Å²) in [5.41, 5.74) is 5.75. The van der Waals surface area contributed by atoms with Crippen molar-refractivity contribution in [2.24, 2.45) is 16.6 Å². The molecule has 2 amide bonds. The first-order valence-corrected chi connectivity index (χ1v) is 5.26. The minimum atomic E-state index is -0.400. The molecule has 1 fully saturated rings. The van der Waals surface area contributed by atoms with Gasteiger partial charge in [-0.2, -0.15) is 0 Å². The van der Waals surface area contributed by atoms with Gasteiger partial charge in [-0.15, -0.1) is 0 Å². The standard InChI is InChI=1S/C11H22N2O/c1-10(2)5-8(13-9(12)14)6-11(3,4)7-10/h8H,5-7H2,1-4H3,(H3,12,13,14). The fourth-order valence-corrected chi connectivity index (χ4v) is 3.15. The lowest BCUT2D eigenvalue weighted by Crippen LogP contribution is -2.47. The Morgan fingerprint density at radius 1 is 1.21 bits per heavy atom. The van der Waals surface area contributed by atoms with Crippen LogP contribution in [0.4, 0.5) is 4.79 Å². The number of carbonyl (C=O) groups excluding carboxylic acids is 1. The van der Waals surface area contributed by atoms with Gasteiger partial charge in [-0.3, -0.25) is 0 Å². The fraction of sp³-hybridized carbons (Fsp3) is 0.909. The molecule has 0 bridgehead atoms. The Morgan fingerprint density at radius 3 is 2.00 bits per heavy atom. The topological polar surface area (TPSA) is 55.1 Å². The van der Waals surface area contributed by atoms with Crippen molar-refractivity contribution in [1.29, 1.82) is 0 Å². The van der Waals surface area contributed by atoms with Crippen LogP contribution < -0.4 is 11.1 Å². The maximum absolute atomic E-state index is 10.8. The molecule has 0 atom stereocenters. The van der Waals surface area contributed by atoms with Crippen LogP contribution in [0.5, 0.6) is 0 Å². The molecule has 0 aromatic rings. The molecule has 1 saturated carbocycles. The van der Waals surface area contributed by atoms with Crippen LogP contribution in [0.25, 0.3) is 0 Å². The van der Waals surface area contributed by atoms with Gasteiger partial charge in [0.25, 0.3) is 0 Å². The van der Waals surface area contributed by atoms with Crippen LogP contribution >= 0.6 is 0 Å². The van der Waals surface area contributed by atoms with Crippen molar-refractivity contribution in [1.82, 2.24) is 5.32 Å². The Hall–Kier alpha value is -0.730. The number of hydrogen-bond acceptors (Lipinski definition) is 1. The summed E-state index contributed by atoms with van der Waals surface area (Å²) in [5, 5.41) is 2.83. The lowest BCUT2D eigenvalue weighted by Gasteiger charge is -2.44. The van der Waals surface area contributed by atoms with E-state index in [0.717, 1.165) is 12.8 Å². The van der Waals surface area contributed by atoms with E-state index in [4.69, 9.17) is 5.73 Å². The Balaban J connectivity index is 2.66. The first-order valence-electron chi connectivity index (χ1n) is 5.26. The van der Waals surface area contributed by atoms with E-state index in [-0.39, 0.29) is 6.04 Å². The van der Waals surface area contributed by atoms with E-state index in [1.807, 2.05) is 0 Å². The molecule has 0 saturated heterocycles.